The molecule has 2 unspecified atom stereocenters. The largest absolute Gasteiger partial charge is 0.396 e. The summed E-state index contributed by atoms with van der Waals surface area (Å²) in [7, 11) is 4.19. The van der Waals surface area contributed by atoms with Crippen molar-refractivity contribution in [1.29, 1.82) is 0 Å². The molecule has 1 rings (SSSR count). The van der Waals surface area contributed by atoms with Crippen molar-refractivity contribution < 1.29 is 5.11 Å². The maximum absolute atomic E-state index is 9.27. The summed E-state index contributed by atoms with van der Waals surface area (Å²) in [6.07, 6.45) is 5.16. The maximum atomic E-state index is 9.27. The lowest BCUT2D eigenvalue weighted by atomic mass is 9.79. The molecule has 0 aromatic heterocycles. The SMILES string of the molecule is CN(C)CCNCC1CCCCC1CO. The van der Waals surface area contributed by atoms with Gasteiger partial charge in [-0.15, -0.1) is 0 Å². The first-order valence-corrected chi connectivity index (χ1v) is 6.20. The van der Waals surface area contributed by atoms with E-state index in [0.717, 1.165) is 19.6 Å². The molecule has 0 aromatic carbocycles. The van der Waals surface area contributed by atoms with Crippen LogP contribution in [0.25, 0.3) is 0 Å². The Hall–Kier alpha value is -0.120. The van der Waals surface area contributed by atoms with Crippen LogP contribution in [0.1, 0.15) is 25.7 Å². The lowest BCUT2D eigenvalue weighted by Crippen LogP contribution is -2.35. The molecule has 2 atom stereocenters. The quantitative estimate of drug-likeness (QED) is 0.646. The first kappa shape index (κ1) is 12.9. The number of aliphatic hydroxyl groups excluding tert-OH is 1. The summed E-state index contributed by atoms with van der Waals surface area (Å²) in [4.78, 5) is 2.19. The van der Waals surface area contributed by atoms with Gasteiger partial charge < -0.3 is 15.3 Å². The van der Waals surface area contributed by atoms with Gasteiger partial charge in [-0.25, -0.2) is 0 Å². The Morgan fingerprint density at radius 3 is 2.47 bits per heavy atom. The molecule has 1 saturated carbocycles. The minimum absolute atomic E-state index is 0.375. The van der Waals surface area contributed by atoms with E-state index < -0.39 is 0 Å². The Morgan fingerprint density at radius 2 is 1.87 bits per heavy atom. The Labute approximate surface area is 93.9 Å². The molecule has 1 fully saturated rings. The average Bonchev–Trinajstić information content (AvgIpc) is 2.24. The zero-order chi connectivity index (χ0) is 11.1. The van der Waals surface area contributed by atoms with Crippen LogP contribution in [0, 0.1) is 11.8 Å². The summed E-state index contributed by atoms with van der Waals surface area (Å²) in [6, 6.07) is 0. The minimum atomic E-state index is 0.375. The summed E-state index contributed by atoms with van der Waals surface area (Å²) >= 11 is 0. The van der Waals surface area contributed by atoms with Crippen molar-refractivity contribution in [3.63, 3.8) is 0 Å². The molecule has 0 bridgehead atoms. The van der Waals surface area contributed by atoms with Gasteiger partial charge in [0, 0.05) is 19.7 Å². The first-order valence-electron chi connectivity index (χ1n) is 6.20. The van der Waals surface area contributed by atoms with Gasteiger partial charge in [0.1, 0.15) is 0 Å². The van der Waals surface area contributed by atoms with Crippen molar-refractivity contribution in [2.24, 2.45) is 11.8 Å². The van der Waals surface area contributed by atoms with Crippen LogP contribution in [-0.4, -0.2) is 50.3 Å². The van der Waals surface area contributed by atoms with E-state index in [0.29, 0.717) is 18.4 Å². The molecule has 2 N–H and O–H groups in total. The molecule has 0 aliphatic heterocycles. The highest BCUT2D eigenvalue weighted by molar-refractivity contribution is 4.76. The van der Waals surface area contributed by atoms with Gasteiger partial charge in [-0.2, -0.15) is 0 Å². The van der Waals surface area contributed by atoms with E-state index in [1.807, 2.05) is 0 Å². The van der Waals surface area contributed by atoms with E-state index in [1.165, 1.54) is 25.7 Å². The molecule has 3 heteroatoms. The number of aliphatic hydroxyl groups is 1. The minimum Gasteiger partial charge on any atom is -0.396 e. The fraction of sp³-hybridized carbons (Fsp3) is 1.00. The van der Waals surface area contributed by atoms with Crippen molar-refractivity contribution in [2.75, 3.05) is 40.3 Å². The van der Waals surface area contributed by atoms with Crippen molar-refractivity contribution in [2.45, 2.75) is 25.7 Å². The van der Waals surface area contributed by atoms with Crippen molar-refractivity contribution in [3.8, 4) is 0 Å². The van der Waals surface area contributed by atoms with Gasteiger partial charge in [0.15, 0.2) is 0 Å². The Kier molecular flexibility index (Phi) is 6.22. The van der Waals surface area contributed by atoms with E-state index in [4.69, 9.17) is 0 Å². The molecular formula is C12H26N2O. The molecule has 1 aliphatic carbocycles. The zero-order valence-corrected chi connectivity index (χ0v) is 10.2. The summed E-state index contributed by atoms with van der Waals surface area (Å²) in [5.74, 6) is 1.25. The third-order valence-electron chi connectivity index (χ3n) is 3.44. The predicted molar refractivity (Wildman–Crippen MR) is 64.0 cm³/mol. The number of nitrogens with zero attached hydrogens (tertiary/aromatic N) is 1. The van der Waals surface area contributed by atoms with E-state index in [-0.39, 0.29) is 0 Å². The molecule has 90 valence electrons. The summed E-state index contributed by atoms with van der Waals surface area (Å²) in [6.45, 7) is 3.61. The van der Waals surface area contributed by atoms with Gasteiger partial charge in [0.25, 0.3) is 0 Å². The molecule has 15 heavy (non-hydrogen) atoms. The van der Waals surface area contributed by atoms with Gasteiger partial charge >= 0.3 is 0 Å². The number of hydrogen-bond donors (Lipinski definition) is 2. The lowest BCUT2D eigenvalue weighted by molar-refractivity contribution is 0.133. The van der Waals surface area contributed by atoms with Crippen LogP contribution < -0.4 is 5.32 Å². The van der Waals surface area contributed by atoms with Crippen LogP contribution >= 0.6 is 0 Å². The van der Waals surface area contributed by atoms with Crippen LogP contribution in [0.15, 0.2) is 0 Å². The molecule has 0 saturated heterocycles. The topological polar surface area (TPSA) is 35.5 Å². The second-order valence-electron chi connectivity index (χ2n) is 4.99. The van der Waals surface area contributed by atoms with Crippen molar-refractivity contribution in [3.05, 3.63) is 0 Å². The fourth-order valence-electron chi connectivity index (χ4n) is 2.38. The van der Waals surface area contributed by atoms with Gasteiger partial charge in [-0.3, -0.25) is 0 Å². The van der Waals surface area contributed by atoms with Gasteiger partial charge in [-0.05, 0) is 45.3 Å². The monoisotopic (exact) mass is 214 g/mol. The van der Waals surface area contributed by atoms with Crippen LogP contribution in [-0.2, 0) is 0 Å². The van der Waals surface area contributed by atoms with Crippen LogP contribution in [0.3, 0.4) is 0 Å². The molecule has 0 heterocycles. The van der Waals surface area contributed by atoms with Gasteiger partial charge in [-0.1, -0.05) is 12.8 Å². The third-order valence-corrected chi connectivity index (χ3v) is 3.44. The number of rotatable bonds is 6. The molecule has 0 radical (unpaired) electrons. The van der Waals surface area contributed by atoms with Crippen molar-refractivity contribution in [1.82, 2.24) is 10.2 Å². The summed E-state index contributed by atoms with van der Waals surface area (Å²) in [5, 5.41) is 12.8. The third kappa shape index (κ3) is 4.96. The van der Waals surface area contributed by atoms with Gasteiger partial charge in [0.05, 0.1) is 0 Å². The van der Waals surface area contributed by atoms with E-state index in [9.17, 15) is 5.11 Å². The highest BCUT2D eigenvalue weighted by Gasteiger charge is 2.23. The van der Waals surface area contributed by atoms with E-state index in [2.05, 4.69) is 24.3 Å². The summed E-state index contributed by atoms with van der Waals surface area (Å²) < 4.78 is 0. The predicted octanol–water partition coefficient (Wildman–Crippen LogP) is 0.936. The van der Waals surface area contributed by atoms with Crippen LogP contribution in [0.4, 0.5) is 0 Å². The molecule has 3 nitrogen and oxygen atoms in total. The lowest BCUT2D eigenvalue weighted by Gasteiger charge is -2.30. The standard InChI is InChI=1S/C12H26N2O/c1-14(2)8-7-13-9-11-5-3-4-6-12(11)10-15/h11-13,15H,3-10H2,1-2H3. The normalized spacial score (nSPS) is 27.2. The van der Waals surface area contributed by atoms with Crippen molar-refractivity contribution >= 4 is 0 Å². The Morgan fingerprint density at radius 1 is 1.20 bits per heavy atom. The molecular weight excluding hydrogens is 188 g/mol. The molecule has 0 spiro atoms. The molecule has 0 amide bonds. The second-order valence-corrected chi connectivity index (χ2v) is 4.99. The number of nitrogens with one attached hydrogen (secondary N) is 1. The zero-order valence-electron chi connectivity index (χ0n) is 10.2. The fourth-order valence-corrected chi connectivity index (χ4v) is 2.38. The second kappa shape index (κ2) is 7.20. The highest BCUT2D eigenvalue weighted by Crippen LogP contribution is 2.28. The Bertz CT molecular complexity index is 162. The van der Waals surface area contributed by atoms with E-state index >= 15 is 0 Å². The average molecular weight is 214 g/mol. The molecule has 1 aliphatic rings. The van der Waals surface area contributed by atoms with Crippen LogP contribution in [0.5, 0.6) is 0 Å². The van der Waals surface area contributed by atoms with Crippen LogP contribution in [0.2, 0.25) is 0 Å². The first-order chi connectivity index (χ1) is 7.24. The van der Waals surface area contributed by atoms with Gasteiger partial charge in [0.2, 0.25) is 0 Å². The number of hydrogen-bond acceptors (Lipinski definition) is 3. The number of likely N-dealkylation sites (N-methyl/N-ethyl adjacent to an activating group) is 1. The molecule has 0 aromatic rings. The van der Waals surface area contributed by atoms with E-state index in [1.54, 1.807) is 0 Å². The Balaban J connectivity index is 2.12. The highest BCUT2D eigenvalue weighted by atomic mass is 16.3. The smallest absolute Gasteiger partial charge is 0.0462 e. The maximum Gasteiger partial charge on any atom is 0.0462 e. The summed E-state index contributed by atoms with van der Waals surface area (Å²) in [5.41, 5.74) is 0.